The first-order valence-corrected chi connectivity index (χ1v) is 6.31. The fraction of sp³-hybridized carbons (Fsp3) is 0.250. The molecule has 0 amide bonds. The highest BCUT2D eigenvalue weighted by atomic mass is 32.2. The van der Waals surface area contributed by atoms with Gasteiger partial charge in [0.15, 0.2) is 11.4 Å². The van der Waals surface area contributed by atoms with Crippen molar-refractivity contribution in [2.24, 2.45) is 4.99 Å². The number of aryl methyl sites for hydroxylation is 1. The van der Waals surface area contributed by atoms with Gasteiger partial charge in [-0.2, -0.15) is 5.26 Å². The van der Waals surface area contributed by atoms with Gasteiger partial charge in [0.1, 0.15) is 0 Å². The highest BCUT2D eigenvalue weighted by Crippen LogP contribution is 2.19. The number of amidine groups is 1. The summed E-state index contributed by atoms with van der Waals surface area (Å²) in [4.78, 5) is 15.7. The van der Waals surface area contributed by atoms with E-state index in [1.165, 1.54) is 18.9 Å². The minimum atomic E-state index is -0.372. The summed E-state index contributed by atoms with van der Waals surface area (Å²) in [5.74, 6) is -0.372. The van der Waals surface area contributed by atoms with Crippen molar-refractivity contribution in [1.29, 1.82) is 5.26 Å². The van der Waals surface area contributed by atoms with Crippen LogP contribution in [0.5, 0.6) is 0 Å². The third-order valence-corrected chi connectivity index (χ3v) is 2.78. The number of esters is 1. The largest absolute Gasteiger partial charge is 0.465 e. The van der Waals surface area contributed by atoms with Gasteiger partial charge >= 0.3 is 5.97 Å². The van der Waals surface area contributed by atoms with E-state index in [-0.39, 0.29) is 5.97 Å². The molecule has 0 bridgehead atoms. The summed E-state index contributed by atoms with van der Waals surface area (Å²) in [6, 6.07) is 5.13. The van der Waals surface area contributed by atoms with Crippen molar-refractivity contribution in [1.82, 2.24) is 5.32 Å². The molecule has 0 aromatic heterocycles. The summed E-state index contributed by atoms with van der Waals surface area (Å²) in [5.41, 5.74) is 1.96. The highest BCUT2D eigenvalue weighted by molar-refractivity contribution is 8.13. The number of carbonyl (C=O) groups excluding carboxylic acids is 1. The van der Waals surface area contributed by atoms with E-state index in [1.54, 1.807) is 18.2 Å². The molecule has 0 aliphatic rings. The smallest absolute Gasteiger partial charge is 0.338 e. The molecule has 0 atom stereocenters. The molecule has 0 heterocycles. The summed E-state index contributed by atoms with van der Waals surface area (Å²) in [7, 11) is 1.34. The topological polar surface area (TPSA) is 74.5 Å². The maximum atomic E-state index is 11.4. The van der Waals surface area contributed by atoms with Crippen molar-refractivity contribution in [2.75, 3.05) is 13.4 Å². The first-order chi connectivity index (χ1) is 8.62. The Morgan fingerprint density at radius 2 is 2.28 bits per heavy atom. The van der Waals surface area contributed by atoms with Gasteiger partial charge < -0.3 is 4.74 Å². The maximum absolute atomic E-state index is 11.4. The third kappa shape index (κ3) is 3.50. The first-order valence-electron chi connectivity index (χ1n) is 5.09. The Kier molecular flexibility index (Phi) is 5.21. The zero-order chi connectivity index (χ0) is 13.5. The summed E-state index contributed by atoms with van der Waals surface area (Å²) in [6.45, 7) is 1.81. The normalized spacial score (nSPS) is 10.7. The second kappa shape index (κ2) is 6.67. The van der Waals surface area contributed by atoms with Crippen LogP contribution in [-0.2, 0) is 4.74 Å². The Bertz CT molecular complexity index is 521. The number of carbonyl (C=O) groups is 1. The molecule has 0 saturated carbocycles. The lowest BCUT2D eigenvalue weighted by Crippen LogP contribution is -2.12. The van der Waals surface area contributed by atoms with Gasteiger partial charge in [0.2, 0.25) is 0 Å². The highest BCUT2D eigenvalue weighted by Gasteiger charge is 2.09. The molecule has 0 spiro atoms. The number of benzene rings is 1. The van der Waals surface area contributed by atoms with Crippen molar-refractivity contribution in [3.8, 4) is 6.19 Å². The van der Waals surface area contributed by atoms with Crippen LogP contribution in [0.3, 0.4) is 0 Å². The van der Waals surface area contributed by atoms with Crippen LogP contribution in [0.25, 0.3) is 0 Å². The predicted molar refractivity (Wildman–Crippen MR) is 71.9 cm³/mol. The molecule has 1 N–H and O–H groups in total. The second-order valence-corrected chi connectivity index (χ2v) is 4.14. The minimum Gasteiger partial charge on any atom is -0.465 e. The van der Waals surface area contributed by atoms with Gasteiger partial charge in [0, 0.05) is 0 Å². The Balaban J connectivity index is 3.05. The molecule has 5 nitrogen and oxygen atoms in total. The fourth-order valence-electron chi connectivity index (χ4n) is 1.35. The number of thioether (sulfide) groups is 1. The van der Waals surface area contributed by atoms with Crippen molar-refractivity contribution in [3.05, 3.63) is 29.3 Å². The first kappa shape index (κ1) is 14.1. The molecule has 94 valence electrons. The Morgan fingerprint density at radius 1 is 1.56 bits per heavy atom. The Morgan fingerprint density at radius 3 is 2.78 bits per heavy atom. The van der Waals surface area contributed by atoms with Gasteiger partial charge in [-0.25, -0.2) is 9.79 Å². The molecule has 0 aliphatic heterocycles. The molecule has 0 saturated heterocycles. The van der Waals surface area contributed by atoms with E-state index in [2.05, 4.69) is 15.0 Å². The second-order valence-electron chi connectivity index (χ2n) is 3.35. The van der Waals surface area contributed by atoms with E-state index >= 15 is 0 Å². The molecule has 18 heavy (non-hydrogen) atoms. The number of nitriles is 1. The molecule has 0 aliphatic carbocycles. The van der Waals surface area contributed by atoms with Gasteiger partial charge in [-0.3, -0.25) is 5.32 Å². The third-order valence-electron chi connectivity index (χ3n) is 2.20. The quantitative estimate of drug-likeness (QED) is 0.291. The average Bonchev–Trinajstić information content (AvgIpc) is 2.37. The van der Waals surface area contributed by atoms with Crippen LogP contribution in [0.2, 0.25) is 0 Å². The predicted octanol–water partition coefficient (Wildman–Crippen LogP) is 2.20. The van der Waals surface area contributed by atoms with E-state index in [0.717, 1.165) is 5.56 Å². The Labute approximate surface area is 110 Å². The van der Waals surface area contributed by atoms with E-state index in [9.17, 15) is 4.79 Å². The van der Waals surface area contributed by atoms with Crippen molar-refractivity contribution >= 4 is 28.6 Å². The van der Waals surface area contributed by atoms with Crippen LogP contribution in [0.1, 0.15) is 15.9 Å². The number of nitrogens with zero attached hydrogens (tertiary/aromatic N) is 2. The van der Waals surface area contributed by atoms with Crippen molar-refractivity contribution < 1.29 is 9.53 Å². The molecule has 6 heteroatoms. The summed E-state index contributed by atoms with van der Waals surface area (Å²) in [5, 5.41) is 11.5. The van der Waals surface area contributed by atoms with Crippen molar-refractivity contribution in [2.45, 2.75) is 6.92 Å². The molecule has 0 radical (unpaired) electrons. The summed E-state index contributed by atoms with van der Waals surface area (Å²) >= 11 is 1.33. The number of nitrogens with one attached hydrogen (secondary N) is 1. The van der Waals surface area contributed by atoms with E-state index in [4.69, 9.17) is 5.26 Å². The summed E-state index contributed by atoms with van der Waals surface area (Å²) < 4.78 is 4.66. The van der Waals surface area contributed by atoms with Crippen LogP contribution in [0.15, 0.2) is 23.2 Å². The number of hydrogen-bond donors (Lipinski definition) is 1. The van der Waals surface area contributed by atoms with E-state index in [1.807, 2.05) is 19.4 Å². The molecule has 1 rings (SSSR count). The lowest BCUT2D eigenvalue weighted by molar-refractivity contribution is 0.0600. The Hall–Kier alpha value is -2.00. The van der Waals surface area contributed by atoms with Gasteiger partial charge in [-0.05, 0) is 36.9 Å². The summed E-state index contributed by atoms with van der Waals surface area (Å²) in [6.07, 6.45) is 3.63. The fourth-order valence-corrected chi connectivity index (χ4v) is 1.69. The molecule has 0 fully saturated rings. The number of rotatable bonds is 2. The van der Waals surface area contributed by atoms with Crippen LogP contribution >= 0.6 is 11.8 Å². The molecular formula is C12H13N3O2S. The SMILES string of the molecule is COC(=O)c1ccc(N=C(NC#N)SC)cc1C. The molecule has 1 aromatic rings. The molecular weight excluding hydrogens is 250 g/mol. The standard InChI is InChI=1S/C12H13N3O2S/c1-8-6-9(15-12(18-3)14-7-13)4-5-10(8)11(16)17-2/h4-6H,1-3H3,(H,14,15). The van der Waals surface area contributed by atoms with Gasteiger partial charge in [0.05, 0.1) is 18.4 Å². The average molecular weight is 263 g/mol. The lowest BCUT2D eigenvalue weighted by Gasteiger charge is -2.05. The number of ether oxygens (including phenoxy) is 1. The van der Waals surface area contributed by atoms with Gasteiger partial charge in [-0.1, -0.05) is 11.8 Å². The number of hydrogen-bond acceptors (Lipinski definition) is 5. The van der Waals surface area contributed by atoms with Crippen LogP contribution in [0.4, 0.5) is 5.69 Å². The zero-order valence-corrected chi connectivity index (χ0v) is 11.2. The van der Waals surface area contributed by atoms with E-state index in [0.29, 0.717) is 16.4 Å². The lowest BCUT2D eigenvalue weighted by atomic mass is 10.1. The van der Waals surface area contributed by atoms with Crippen LogP contribution in [0, 0.1) is 18.4 Å². The van der Waals surface area contributed by atoms with Crippen LogP contribution in [-0.4, -0.2) is 24.5 Å². The maximum Gasteiger partial charge on any atom is 0.338 e. The zero-order valence-electron chi connectivity index (χ0n) is 10.4. The monoisotopic (exact) mass is 263 g/mol. The van der Waals surface area contributed by atoms with Gasteiger partial charge in [-0.15, -0.1) is 0 Å². The van der Waals surface area contributed by atoms with E-state index < -0.39 is 0 Å². The number of aliphatic imine (C=N–C) groups is 1. The van der Waals surface area contributed by atoms with Crippen LogP contribution < -0.4 is 5.32 Å². The van der Waals surface area contributed by atoms with Crippen molar-refractivity contribution in [3.63, 3.8) is 0 Å². The number of methoxy groups -OCH3 is 1. The van der Waals surface area contributed by atoms with Gasteiger partial charge in [0.25, 0.3) is 0 Å². The molecule has 0 unspecified atom stereocenters. The minimum absolute atomic E-state index is 0.372. The molecule has 1 aromatic carbocycles.